The number of hydrogen-bond acceptors (Lipinski definition) is 5. The van der Waals surface area contributed by atoms with E-state index in [1.165, 1.54) is 0 Å². The van der Waals surface area contributed by atoms with Crippen LogP contribution in [0.4, 0.5) is 0 Å². The molecule has 1 amide bonds. The molecular weight excluding hydrogens is 416 g/mol. The lowest BCUT2D eigenvalue weighted by atomic mass is 9.75. The topological polar surface area (TPSA) is 66.9 Å². The van der Waals surface area contributed by atoms with Gasteiger partial charge in [0.2, 0.25) is 5.91 Å². The van der Waals surface area contributed by atoms with E-state index in [2.05, 4.69) is 18.7 Å². The summed E-state index contributed by atoms with van der Waals surface area (Å²) in [7, 11) is 1.78. The Balaban J connectivity index is 3.15. The van der Waals surface area contributed by atoms with E-state index in [1.807, 2.05) is 40.7 Å². The van der Waals surface area contributed by atoms with Gasteiger partial charge in [-0.05, 0) is 58.4 Å². The number of ether oxygens (including phenoxy) is 1. The van der Waals surface area contributed by atoms with Crippen LogP contribution >= 0.6 is 0 Å². The molecule has 1 rings (SSSR count). The largest absolute Gasteiger partial charge is 0.463 e. The molecule has 1 saturated heterocycles. The van der Waals surface area contributed by atoms with Crippen LogP contribution in [0.5, 0.6) is 0 Å². The smallest absolute Gasteiger partial charge is 0.333 e. The number of likely N-dealkylation sites (tertiary alicyclic amines) is 1. The first-order valence-electron chi connectivity index (χ1n) is 12.6. The van der Waals surface area contributed by atoms with E-state index in [0.717, 1.165) is 25.8 Å². The van der Waals surface area contributed by atoms with Crippen molar-refractivity contribution in [3.05, 3.63) is 11.6 Å². The van der Waals surface area contributed by atoms with Crippen LogP contribution in [-0.4, -0.2) is 65.8 Å². The number of nitrogens with zero attached hydrogens (tertiary/aromatic N) is 2. The van der Waals surface area contributed by atoms with Gasteiger partial charge in [-0.25, -0.2) is 4.79 Å². The SMILES string of the molecule is CCOC(=O)/C(C)=C/[C@H](C(C)C)N(C)C(=O)[C@@H](CC(=O)[C@H]1CCCCN1C(C)C)C(C)(C)C. The van der Waals surface area contributed by atoms with E-state index in [-0.39, 0.29) is 47.5 Å². The fraction of sp³-hybridized carbons (Fsp3) is 0.815. The highest BCUT2D eigenvalue weighted by molar-refractivity contribution is 5.91. The van der Waals surface area contributed by atoms with Crippen LogP contribution in [-0.2, 0) is 19.1 Å². The lowest BCUT2D eigenvalue weighted by molar-refractivity contribution is -0.144. The molecule has 0 bridgehead atoms. The van der Waals surface area contributed by atoms with Crippen molar-refractivity contribution in [3.63, 3.8) is 0 Å². The number of hydrogen-bond donors (Lipinski definition) is 0. The van der Waals surface area contributed by atoms with Crippen molar-refractivity contribution < 1.29 is 19.1 Å². The molecule has 0 aliphatic carbocycles. The summed E-state index contributed by atoms with van der Waals surface area (Å²) in [6, 6.07) is -0.0516. The quantitative estimate of drug-likeness (QED) is 0.341. The van der Waals surface area contributed by atoms with Gasteiger partial charge in [0.25, 0.3) is 0 Å². The lowest BCUT2D eigenvalue weighted by Gasteiger charge is -2.40. The second-order valence-corrected chi connectivity index (χ2v) is 11.2. The molecule has 0 spiro atoms. The van der Waals surface area contributed by atoms with Crippen LogP contribution < -0.4 is 0 Å². The molecule has 0 unspecified atom stereocenters. The van der Waals surface area contributed by atoms with Gasteiger partial charge < -0.3 is 9.64 Å². The van der Waals surface area contributed by atoms with Gasteiger partial charge in [-0.3, -0.25) is 14.5 Å². The molecule has 1 aliphatic rings. The first kappa shape index (κ1) is 29.3. The number of carbonyl (C=O) groups is 3. The summed E-state index contributed by atoms with van der Waals surface area (Å²) in [6.07, 6.45) is 5.11. The number of amides is 1. The summed E-state index contributed by atoms with van der Waals surface area (Å²) in [5.74, 6) is -0.561. The summed E-state index contributed by atoms with van der Waals surface area (Å²) in [4.78, 5) is 43.4. The van der Waals surface area contributed by atoms with Crippen LogP contribution in [0.25, 0.3) is 0 Å². The van der Waals surface area contributed by atoms with Crippen molar-refractivity contribution in [2.45, 2.75) is 106 Å². The highest BCUT2D eigenvalue weighted by atomic mass is 16.5. The highest BCUT2D eigenvalue weighted by Gasteiger charge is 2.40. The lowest BCUT2D eigenvalue weighted by Crippen LogP contribution is -2.51. The normalized spacial score (nSPS) is 20.0. The molecule has 1 fully saturated rings. The third-order valence-corrected chi connectivity index (χ3v) is 6.82. The number of piperidine rings is 1. The zero-order chi connectivity index (χ0) is 25.5. The zero-order valence-corrected chi connectivity index (χ0v) is 22.7. The molecule has 0 aromatic heterocycles. The van der Waals surface area contributed by atoms with Crippen molar-refractivity contribution in [3.8, 4) is 0 Å². The van der Waals surface area contributed by atoms with Crippen molar-refractivity contribution in [1.82, 2.24) is 9.80 Å². The molecule has 0 saturated carbocycles. The van der Waals surface area contributed by atoms with Gasteiger partial charge in [-0.1, -0.05) is 47.1 Å². The van der Waals surface area contributed by atoms with Gasteiger partial charge in [0.15, 0.2) is 5.78 Å². The molecule has 0 aromatic carbocycles. The maximum absolute atomic E-state index is 13.8. The Bertz CT molecular complexity index is 705. The van der Waals surface area contributed by atoms with E-state index < -0.39 is 5.92 Å². The van der Waals surface area contributed by atoms with Crippen molar-refractivity contribution in [1.29, 1.82) is 0 Å². The Morgan fingerprint density at radius 3 is 2.21 bits per heavy atom. The van der Waals surface area contributed by atoms with Crippen LogP contribution in [0, 0.1) is 17.3 Å². The monoisotopic (exact) mass is 464 g/mol. The van der Waals surface area contributed by atoms with Crippen LogP contribution in [0.15, 0.2) is 11.6 Å². The molecular formula is C27H48N2O4. The minimum absolute atomic E-state index is 0.0469. The van der Waals surface area contributed by atoms with E-state index in [0.29, 0.717) is 18.2 Å². The third kappa shape index (κ3) is 8.24. The number of rotatable bonds is 10. The molecule has 33 heavy (non-hydrogen) atoms. The Labute approximate surface area is 202 Å². The van der Waals surface area contributed by atoms with Gasteiger partial charge >= 0.3 is 5.97 Å². The van der Waals surface area contributed by atoms with Crippen LogP contribution in [0.2, 0.25) is 0 Å². The molecule has 6 nitrogen and oxygen atoms in total. The third-order valence-electron chi connectivity index (χ3n) is 6.82. The molecule has 1 heterocycles. The Kier molecular flexibility index (Phi) is 11.3. The number of Topliss-reactive ketones (excluding diaryl/α,β-unsaturated/α-hetero) is 1. The Morgan fingerprint density at radius 2 is 1.73 bits per heavy atom. The predicted molar refractivity (Wildman–Crippen MR) is 134 cm³/mol. The minimum Gasteiger partial charge on any atom is -0.463 e. The average molecular weight is 465 g/mol. The summed E-state index contributed by atoms with van der Waals surface area (Å²) in [5.41, 5.74) is 0.133. The molecule has 0 radical (unpaired) electrons. The first-order valence-corrected chi connectivity index (χ1v) is 12.6. The average Bonchev–Trinajstić information content (AvgIpc) is 2.73. The number of ketones is 1. The first-order chi connectivity index (χ1) is 15.2. The summed E-state index contributed by atoms with van der Waals surface area (Å²) >= 11 is 0. The fourth-order valence-electron chi connectivity index (χ4n) is 4.73. The van der Waals surface area contributed by atoms with Gasteiger partial charge in [-0.2, -0.15) is 0 Å². The molecule has 6 heteroatoms. The number of esters is 1. The maximum atomic E-state index is 13.8. The van der Waals surface area contributed by atoms with Gasteiger partial charge in [0, 0.05) is 31.0 Å². The van der Waals surface area contributed by atoms with Gasteiger partial charge in [0.1, 0.15) is 0 Å². The summed E-state index contributed by atoms with van der Waals surface area (Å²) < 4.78 is 5.12. The number of carbonyl (C=O) groups excluding carboxylic acids is 3. The van der Waals surface area contributed by atoms with Crippen molar-refractivity contribution >= 4 is 17.7 Å². The van der Waals surface area contributed by atoms with Crippen LogP contribution in [0.3, 0.4) is 0 Å². The molecule has 0 aromatic rings. The summed E-state index contributed by atoms with van der Waals surface area (Å²) in [5, 5.41) is 0. The van der Waals surface area contributed by atoms with Crippen molar-refractivity contribution in [2.24, 2.45) is 17.3 Å². The van der Waals surface area contributed by atoms with E-state index in [4.69, 9.17) is 4.74 Å². The molecule has 0 N–H and O–H groups in total. The van der Waals surface area contributed by atoms with Crippen molar-refractivity contribution in [2.75, 3.05) is 20.2 Å². The standard InChI is InChI=1S/C27H48N2O4/c1-11-33-26(32)20(6)16-23(18(2)3)28(10)25(31)21(27(7,8)9)17-24(30)22-14-12-13-15-29(22)19(4)5/h16,18-19,21-23H,11-15,17H2,1-10H3/b20-16+/t21-,22-,23-/m1/s1. The Hall–Kier alpha value is -1.69. The van der Waals surface area contributed by atoms with E-state index in [1.54, 1.807) is 25.8 Å². The van der Waals surface area contributed by atoms with E-state index >= 15 is 0 Å². The molecule has 3 atom stereocenters. The van der Waals surface area contributed by atoms with Crippen LogP contribution in [0.1, 0.15) is 88.0 Å². The van der Waals surface area contributed by atoms with Gasteiger partial charge in [0.05, 0.1) is 18.7 Å². The minimum atomic E-state index is -0.427. The van der Waals surface area contributed by atoms with E-state index in [9.17, 15) is 14.4 Å². The predicted octanol–water partition coefficient (Wildman–Crippen LogP) is 4.86. The zero-order valence-electron chi connectivity index (χ0n) is 22.7. The highest BCUT2D eigenvalue weighted by Crippen LogP contribution is 2.34. The van der Waals surface area contributed by atoms with Gasteiger partial charge in [-0.15, -0.1) is 0 Å². The summed E-state index contributed by atoms with van der Waals surface area (Å²) in [6.45, 7) is 19.2. The molecule has 190 valence electrons. The molecule has 1 aliphatic heterocycles. The second-order valence-electron chi connectivity index (χ2n) is 11.2. The maximum Gasteiger partial charge on any atom is 0.333 e. The fourth-order valence-corrected chi connectivity index (χ4v) is 4.73. The second kappa shape index (κ2) is 12.7. The number of likely N-dealkylation sites (N-methyl/N-ethyl adjacent to an activating group) is 1. The Morgan fingerprint density at radius 1 is 1.12 bits per heavy atom.